The van der Waals surface area contributed by atoms with Crippen molar-refractivity contribution in [2.75, 3.05) is 0 Å². The van der Waals surface area contributed by atoms with Crippen LogP contribution < -0.4 is 6.54 Å². The Kier molecular flexibility index (Phi) is 3.69. The molecule has 0 aliphatic heterocycles. The standard InChI is InChI=1S/2C6H5.C2H3.Bi/c2*1-2-4-6-5-3-1;1-2;/h2*1-5H;1H,2H2;. The summed E-state index contributed by atoms with van der Waals surface area (Å²) in [5.74, 6) is 0. The number of hydrogen-bond acceptors (Lipinski definition) is 0. The summed E-state index contributed by atoms with van der Waals surface area (Å²) in [7, 11) is 0. The van der Waals surface area contributed by atoms with Gasteiger partial charge in [0, 0.05) is 0 Å². The minimum absolute atomic E-state index is 1.49. The van der Waals surface area contributed by atoms with Crippen LogP contribution in [0.5, 0.6) is 0 Å². The Morgan fingerprint density at radius 1 is 0.733 bits per heavy atom. The second kappa shape index (κ2) is 5.23. The molecule has 0 atom stereocenters. The van der Waals surface area contributed by atoms with E-state index in [1.165, 1.54) is 6.54 Å². The molecule has 0 amide bonds. The maximum atomic E-state index is 4.00. The van der Waals surface area contributed by atoms with Gasteiger partial charge in [-0.1, -0.05) is 0 Å². The predicted octanol–water partition coefficient (Wildman–Crippen LogP) is 2.02. The Hall–Kier alpha value is -0.937. The third kappa shape index (κ3) is 2.55. The molecule has 0 spiro atoms. The molecule has 15 heavy (non-hydrogen) atoms. The molecule has 2 aromatic carbocycles. The van der Waals surface area contributed by atoms with Gasteiger partial charge in [0.05, 0.1) is 0 Å². The average molecular weight is 390 g/mol. The van der Waals surface area contributed by atoms with Crippen LogP contribution in [0.25, 0.3) is 0 Å². The molecule has 0 aliphatic carbocycles. The first kappa shape index (κ1) is 10.6. The summed E-state index contributed by atoms with van der Waals surface area (Å²) in [6.07, 6.45) is 0. The first-order chi connectivity index (χ1) is 7.42. The van der Waals surface area contributed by atoms with E-state index in [1.54, 1.807) is 0 Å². The third-order valence-corrected chi connectivity index (χ3v) is 10.3. The average Bonchev–Trinajstić information content (AvgIpc) is 2.33. The van der Waals surface area contributed by atoms with Gasteiger partial charge in [-0.25, -0.2) is 0 Å². The molecule has 0 radical (unpaired) electrons. The maximum absolute atomic E-state index is 4.00. The van der Waals surface area contributed by atoms with Crippen LogP contribution in [-0.4, -0.2) is 21.8 Å². The van der Waals surface area contributed by atoms with Gasteiger partial charge in [0.25, 0.3) is 0 Å². The van der Waals surface area contributed by atoms with Gasteiger partial charge in [0.2, 0.25) is 0 Å². The summed E-state index contributed by atoms with van der Waals surface area (Å²) in [5.41, 5.74) is 0. The first-order valence-corrected chi connectivity index (χ1v) is 10.4. The Morgan fingerprint density at radius 2 is 1.13 bits per heavy atom. The van der Waals surface area contributed by atoms with Crippen molar-refractivity contribution < 1.29 is 0 Å². The van der Waals surface area contributed by atoms with Crippen molar-refractivity contribution in [3.63, 3.8) is 0 Å². The molecular formula is C14H13Bi. The molecule has 0 fully saturated rings. The second-order valence-corrected chi connectivity index (χ2v) is 11.5. The van der Waals surface area contributed by atoms with Gasteiger partial charge in [-0.15, -0.1) is 0 Å². The second-order valence-electron chi connectivity index (χ2n) is 3.22. The molecule has 0 saturated carbocycles. The van der Waals surface area contributed by atoms with E-state index >= 15 is 0 Å². The van der Waals surface area contributed by atoms with Gasteiger partial charge < -0.3 is 0 Å². The van der Waals surface area contributed by atoms with Gasteiger partial charge in [0.15, 0.2) is 0 Å². The van der Waals surface area contributed by atoms with Crippen molar-refractivity contribution >= 4 is 28.3 Å². The van der Waals surface area contributed by atoms with Crippen molar-refractivity contribution in [3.05, 3.63) is 71.0 Å². The monoisotopic (exact) mass is 390 g/mol. The van der Waals surface area contributed by atoms with E-state index in [-0.39, 0.29) is 0 Å². The van der Waals surface area contributed by atoms with E-state index in [2.05, 4.69) is 71.0 Å². The molecule has 2 rings (SSSR count). The third-order valence-electron chi connectivity index (χ3n) is 2.25. The number of hydrogen-bond donors (Lipinski definition) is 0. The zero-order chi connectivity index (χ0) is 10.5. The topological polar surface area (TPSA) is 0 Å². The minimum atomic E-state index is -1.85. The molecule has 1 heteroatoms. The summed E-state index contributed by atoms with van der Waals surface area (Å²) in [5, 5.41) is 0. The summed E-state index contributed by atoms with van der Waals surface area (Å²) in [6.45, 7) is 4.00. The Balaban J connectivity index is 2.38. The van der Waals surface area contributed by atoms with E-state index in [4.69, 9.17) is 0 Å². The molecule has 0 nitrogen and oxygen atoms in total. The van der Waals surface area contributed by atoms with Gasteiger partial charge >= 0.3 is 99.3 Å². The van der Waals surface area contributed by atoms with Crippen molar-refractivity contribution in [1.82, 2.24) is 0 Å². The molecule has 0 aliphatic rings. The first-order valence-electron chi connectivity index (χ1n) is 4.94. The summed E-state index contributed by atoms with van der Waals surface area (Å²) < 4.78 is 5.18. The Morgan fingerprint density at radius 3 is 1.47 bits per heavy atom. The van der Waals surface area contributed by atoms with Crippen LogP contribution in [0.15, 0.2) is 71.0 Å². The molecule has 74 valence electrons. The van der Waals surface area contributed by atoms with Crippen molar-refractivity contribution in [3.8, 4) is 0 Å². The fraction of sp³-hybridized carbons (Fsp3) is 0. The van der Waals surface area contributed by atoms with Crippen LogP contribution in [-0.2, 0) is 0 Å². The number of rotatable bonds is 3. The van der Waals surface area contributed by atoms with E-state index in [0.29, 0.717) is 0 Å². The Labute approximate surface area is 99.0 Å². The van der Waals surface area contributed by atoms with E-state index in [9.17, 15) is 0 Å². The SMILES string of the molecule is C=[CH][Bi]([c]1ccccc1)[c]1ccccc1. The summed E-state index contributed by atoms with van der Waals surface area (Å²) >= 11 is -1.85. The zero-order valence-corrected chi connectivity index (χ0v) is 12.0. The molecule has 0 N–H and O–H groups in total. The Bertz CT molecular complexity index is 380. The normalized spacial score (nSPS) is 10.2. The summed E-state index contributed by atoms with van der Waals surface area (Å²) in [4.78, 5) is 0. The van der Waals surface area contributed by atoms with Crippen LogP contribution in [0, 0.1) is 0 Å². The van der Waals surface area contributed by atoms with Crippen molar-refractivity contribution in [1.29, 1.82) is 0 Å². The van der Waals surface area contributed by atoms with Crippen molar-refractivity contribution in [2.45, 2.75) is 0 Å². The fourth-order valence-corrected chi connectivity index (χ4v) is 8.17. The predicted molar refractivity (Wildman–Crippen MR) is 68.1 cm³/mol. The molecule has 0 unspecified atom stereocenters. The van der Waals surface area contributed by atoms with Crippen LogP contribution in [0.2, 0.25) is 0 Å². The molecular weight excluding hydrogens is 377 g/mol. The molecule has 0 aromatic heterocycles. The van der Waals surface area contributed by atoms with Gasteiger partial charge in [-0.3, -0.25) is 0 Å². The van der Waals surface area contributed by atoms with E-state index in [1.807, 2.05) is 0 Å². The quantitative estimate of drug-likeness (QED) is 0.704. The summed E-state index contributed by atoms with van der Waals surface area (Å²) in [6, 6.07) is 21.5. The van der Waals surface area contributed by atoms with Crippen molar-refractivity contribution in [2.24, 2.45) is 0 Å². The van der Waals surface area contributed by atoms with Gasteiger partial charge in [-0.05, 0) is 0 Å². The molecule has 0 saturated heterocycles. The van der Waals surface area contributed by atoms with Crippen LogP contribution in [0.4, 0.5) is 0 Å². The fourth-order valence-electron chi connectivity index (χ4n) is 1.54. The van der Waals surface area contributed by atoms with Crippen LogP contribution >= 0.6 is 0 Å². The van der Waals surface area contributed by atoms with Gasteiger partial charge in [0.1, 0.15) is 0 Å². The van der Waals surface area contributed by atoms with E-state index in [0.717, 1.165) is 0 Å². The van der Waals surface area contributed by atoms with Gasteiger partial charge in [-0.2, -0.15) is 0 Å². The molecule has 2 aromatic rings. The van der Waals surface area contributed by atoms with E-state index < -0.39 is 21.8 Å². The zero-order valence-electron chi connectivity index (χ0n) is 8.51. The molecule has 0 bridgehead atoms. The van der Waals surface area contributed by atoms with Crippen LogP contribution in [0.3, 0.4) is 0 Å². The number of benzene rings is 2. The molecule has 0 heterocycles. The van der Waals surface area contributed by atoms with Crippen LogP contribution in [0.1, 0.15) is 0 Å².